The molecule has 2 aliphatic rings. The van der Waals surface area contributed by atoms with Crippen LogP contribution < -0.4 is 0 Å². The molecule has 0 spiro atoms. The van der Waals surface area contributed by atoms with E-state index in [9.17, 15) is 4.79 Å². The van der Waals surface area contributed by atoms with Gasteiger partial charge in [0.2, 0.25) is 0 Å². The average molecular weight is 236 g/mol. The summed E-state index contributed by atoms with van der Waals surface area (Å²) in [5.74, 6) is -0.0597. The molecule has 0 radical (unpaired) electrons. The Bertz CT molecular complexity index is 392. The summed E-state index contributed by atoms with van der Waals surface area (Å²) in [5.41, 5.74) is 0. The Morgan fingerprint density at radius 1 is 1.47 bits per heavy atom. The van der Waals surface area contributed by atoms with Crippen molar-refractivity contribution < 1.29 is 9.53 Å². The maximum Gasteiger partial charge on any atom is 0.323 e. The number of esters is 1. The Kier molecular flexibility index (Phi) is 2.80. The molecule has 3 heterocycles. The van der Waals surface area contributed by atoms with E-state index in [2.05, 4.69) is 15.0 Å². The minimum Gasteiger partial charge on any atom is -0.464 e. The van der Waals surface area contributed by atoms with Crippen molar-refractivity contribution in [3.63, 3.8) is 0 Å². The predicted molar refractivity (Wildman–Crippen MR) is 59.1 cm³/mol. The van der Waals surface area contributed by atoms with Crippen molar-refractivity contribution in [2.75, 3.05) is 13.2 Å². The SMILES string of the molecule is O=C1OCC[C@H]1N1CCC[C@H]1Cn1cncn1. The van der Waals surface area contributed by atoms with Crippen molar-refractivity contribution in [2.24, 2.45) is 0 Å². The Morgan fingerprint density at radius 2 is 2.41 bits per heavy atom. The molecule has 2 aliphatic heterocycles. The first-order valence-electron chi connectivity index (χ1n) is 6.09. The van der Waals surface area contributed by atoms with Crippen LogP contribution >= 0.6 is 0 Å². The fourth-order valence-electron chi connectivity index (χ4n) is 2.79. The van der Waals surface area contributed by atoms with Gasteiger partial charge in [-0.25, -0.2) is 4.98 Å². The van der Waals surface area contributed by atoms with Crippen LogP contribution in [0.4, 0.5) is 0 Å². The summed E-state index contributed by atoms with van der Waals surface area (Å²) >= 11 is 0. The molecule has 0 bridgehead atoms. The zero-order chi connectivity index (χ0) is 11.7. The van der Waals surface area contributed by atoms with Crippen LogP contribution in [0.15, 0.2) is 12.7 Å². The molecule has 3 rings (SSSR count). The van der Waals surface area contributed by atoms with Gasteiger partial charge in [-0.1, -0.05) is 0 Å². The monoisotopic (exact) mass is 236 g/mol. The second kappa shape index (κ2) is 4.44. The molecule has 1 aromatic heterocycles. The average Bonchev–Trinajstić information content (AvgIpc) is 3.00. The van der Waals surface area contributed by atoms with E-state index in [1.807, 2.05) is 4.68 Å². The number of carbonyl (C=O) groups excluding carboxylic acids is 1. The van der Waals surface area contributed by atoms with Crippen LogP contribution in [0.2, 0.25) is 0 Å². The summed E-state index contributed by atoms with van der Waals surface area (Å²) in [7, 11) is 0. The fraction of sp³-hybridized carbons (Fsp3) is 0.727. The normalized spacial score (nSPS) is 29.8. The molecule has 0 aromatic carbocycles. The first-order chi connectivity index (χ1) is 8.34. The number of nitrogens with zero attached hydrogens (tertiary/aromatic N) is 4. The molecular weight excluding hydrogens is 220 g/mol. The van der Waals surface area contributed by atoms with Gasteiger partial charge in [0.05, 0.1) is 13.2 Å². The Morgan fingerprint density at radius 3 is 3.12 bits per heavy atom. The van der Waals surface area contributed by atoms with Gasteiger partial charge in [0, 0.05) is 12.5 Å². The zero-order valence-corrected chi connectivity index (χ0v) is 9.66. The van der Waals surface area contributed by atoms with Crippen LogP contribution in [0, 0.1) is 0 Å². The highest BCUT2D eigenvalue weighted by atomic mass is 16.5. The highest BCUT2D eigenvalue weighted by molar-refractivity contribution is 5.77. The smallest absolute Gasteiger partial charge is 0.323 e. The van der Waals surface area contributed by atoms with Crippen LogP contribution in [0.1, 0.15) is 19.3 Å². The lowest BCUT2D eigenvalue weighted by Crippen LogP contribution is -2.43. The van der Waals surface area contributed by atoms with Gasteiger partial charge in [-0.2, -0.15) is 5.10 Å². The first kappa shape index (κ1) is 10.7. The van der Waals surface area contributed by atoms with E-state index in [4.69, 9.17) is 4.74 Å². The third-order valence-corrected chi connectivity index (χ3v) is 3.60. The molecule has 92 valence electrons. The second-order valence-electron chi connectivity index (χ2n) is 4.62. The maximum absolute atomic E-state index is 11.6. The molecule has 0 saturated carbocycles. The van der Waals surface area contributed by atoms with Crippen molar-refractivity contribution >= 4 is 5.97 Å². The number of carbonyl (C=O) groups is 1. The number of hydrogen-bond acceptors (Lipinski definition) is 5. The van der Waals surface area contributed by atoms with Crippen LogP contribution in [0.5, 0.6) is 0 Å². The summed E-state index contributed by atoms with van der Waals surface area (Å²) in [4.78, 5) is 17.8. The van der Waals surface area contributed by atoms with Crippen molar-refractivity contribution in [1.29, 1.82) is 0 Å². The van der Waals surface area contributed by atoms with Crippen LogP contribution in [-0.4, -0.2) is 50.9 Å². The number of aromatic nitrogens is 3. The molecule has 2 atom stereocenters. The van der Waals surface area contributed by atoms with Gasteiger partial charge in [-0.3, -0.25) is 14.4 Å². The number of hydrogen-bond donors (Lipinski definition) is 0. The lowest BCUT2D eigenvalue weighted by molar-refractivity contribution is -0.142. The van der Waals surface area contributed by atoms with Gasteiger partial charge < -0.3 is 4.74 Å². The van der Waals surface area contributed by atoms with Gasteiger partial charge in [0.15, 0.2) is 0 Å². The van der Waals surface area contributed by atoms with E-state index in [-0.39, 0.29) is 12.0 Å². The molecule has 2 saturated heterocycles. The minimum atomic E-state index is -0.0597. The molecule has 0 N–H and O–H groups in total. The minimum absolute atomic E-state index is 0.0361. The summed E-state index contributed by atoms with van der Waals surface area (Å²) in [6.07, 6.45) is 6.35. The molecule has 17 heavy (non-hydrogen) atoms. The molecule has 2 fully saturated rings. The van der Waals surface area contributed by atoms with Gasteiger partial charge in [0.1, 0.15) is 18.7 Å². The first-order valence-corrected chi connectivity index (χ1v) is 6.09. The van der Waals surface area contributed by atoms with E-state index in [0.717, 1.165) is 32.4 Å². The maximum atomic E-state index is 11.6. The predicted octanol–water partition coefficient (Wildman–Crippen LogP) is 0.0580. The molecule has 0 amide bonds. The Hall–Kier alpha value is -1.43. The van der Waals surface area contributed by atoms with E-state index in [1.54, 1.807) is 12.7 Å². The van der Waals surface area contributed by atoms with E-state index in [0.29, 0.717) is 12.6 Å². The molecule has 6 heteroatoms. The summed E-state index contributed by atoms with van der Waals surface area (Å²) in [5, 5.41) is 4.12. The third kappa shape index (κ3) is 2.04. The number of rotatable bonds is 3. The molecule has 6 nitrogen and oxygen atoms in total. The van der Waals surface area contributed by atoms with Crippen molar-refractivity contribution in [1.82, 2.24) is 19.7 Å². The molecule has 0 unspecified atom stereocenters. The van der Waals surface area contributed by atoms with Crippen LogP contribution in [-0.2, 0) is 16.1 Å². The van der Waals surface area contributed by atoms with E-state index < -0.39 is 0 Å². The van der Waals surface area contributed by atoms with Crippen molar-refractivity contribution in [3.8, 4) is 0 Å². The third-order valence-electron chi connectivity index (χ3n) is 3.60. The Balaban J connectivity index is 1.69. The summed E-state index contributed by atoms with van der Waals surface area (Å²) in [6, 6.07) is 0.346. The summed E-state index contributed by atoms with van der Waals surface area (Å²) < 4.78 is 6.88. The topological polar surface area (TPSA) is 60.2 Å². The highest BCUT2D eigenvalue weighted by Gasteiger charge is 2.38. The van der Waals surface area contributed by atoms with Crippen LogP contribution in [0.3, 0.4) is 0 Å². The molecular formula is C11H16N4O2. The zero-order valence-electron chi connectivity index (χ0n) is 9.66. The number of ether oxygens (including phenoxy) is 1. The van der Waals surface area contributed by atoms with Gasteiger partial charge in [-0.15, -0.1) is 0 Å². The van der Waals surface area contributed by atoms with E-state index >= 15 is 0 Å². The largest absolute Gasteiger partial charge is 0.464 e. The van der Waals surface area contributed by atoms with E-state index in [1.165, 1.54) is 0 Å². The highest BCUT2D eigenvalue weighted by Crippen LogP contribution is 2.25. The number of likely N-dealkylation sites (tertiary alicyclic amines) is 1. The van der Waals surface area contributed by atoms with Gasteiger partial charge in [-0.05, 0) is 19.4 Å². The lowest BCUT2D eigenvalue weighted by Gasteiger charge is -2.27. The quantitative estimate of drug-likeness (QED) is 0.694. The van der Waals surface area contributed by atoms with Gasteiger partial charge >= 0.3 is 5.97 Å². The standard InChI is InChI=1S/C11H16N4O2/c16-11-10(3-5-17-11)15-4-1-2-9(15)6-14-8-12-7-13-14/h7-10H,1-6H2/t9-,10+/m0/s1. The Labute approximate surface area is 99.6 Å². The second-order valence-corrected chi connectivity index (χ2v) is 4.62. The van der Waals surface area contributed by atoms with Crippen molar-refractivity contribution in [3.05, 3.63) is 12.7 Å². The molecule has 0 aliphatic carbocycles. The lowest BCUT2D eigenvalue weighted by atomic mass is 10.1. The fourth-order valence-corrected chi connectivity index (χ4v) is 2.79. The number of cyclic esters (lactones) is 1. The van der Waals surface area contributed by atoms with Crippen LogP contribution in [0.25, 0.3) is 0 Å². The summed E-state index contributed by atoms with van der Waals surface area (Å²) in [6.45, 7) is 2.36. The van der Waals surface area contributed by atoms with Crippen molar-refractivity contribution in [2.45, 2.75) is 37.9 Å². The van der Waals surface area contributed by atoms with Gasteiger partial charge in [0.25, 0.3) is 0 Å². The molecule has 1 aromatic rings.